The van der Waals surface area contributed by atoms with Gasteiger partial charge in [0.15, 0.2) is 6.35 Å². The highest BCUT2D eigenvalue weighted by molar-refractivity contribution is 7.51. The largest absolute Gasteiger partial charge is 0.453 e. The van der Waals surface area contributed by atoms with E-state index in [2.05, 4.69) is 4.74 Å². The molecule has 0 heterocycles. The third-order valence-electron chi connectivity index (χ3n) is 0.436. The standard InChI is InChI=1S/C3H7O5P/c1-3(4)8-2-9(5,6)7/h2H2,1H3,(H2,5,6,7). The molecule has 0 aliphatic heterocycles. The molecule has 0 fully saturated rings. The zero-order valence-electron chi connectivity index (χ0n) is 4.77. The van der Waals surface area contributed by atoms with Gasteiger partial charge in [-0.05, 0) is 0 Å². The topological polar surface area (TPSA) is 83.8 Å². The third-order valence-corrected chi connectivity index (χ3v) is 0.901. The van der Waals surface area contributed by atoms with E-state index >= 15 is 0 Å². The molecule has 0 aromatic rings. The van der Waals surface area contributed by atoms with E-state index in [0.717, 1.165) is 6.92 Å². The van der Waals surface area contributed by atoms with E-state index in [-0.39, 0.29) is 0 Å². The first-order valence-electron chi connectivity index (χ1n) is 2.10. The molecule has 2 N–H and O–H groups in total. The summed E-state index contributed by atoms with van der Waals surface area (Å²) in [5, 5.41) is 0. The van der Waals surface area contributed by atoms with E-state index in [4.69, 9.17) is 9.79 Å². The summed E-state index contributed by atoms with van der Waals surface area (Å²) in [6, 6.07) is 0. The Morgan fingerprint density at radius 1 is 1.67 bits per heavy atom. The summed E-state index contributed by atoms with van der Waals surface area (Å²) in [5.41, 5.74) is 0. The predicted molar refractivity (Wildman–Crippen MR) is 28.7 cm³/mol. The van der Waals surface area contributed by atoms with Crippen LogP contribution in [0.1, 0.15) is 6.92 Å². The van der Waals surface area contributed by atoms with Crippen molar-refractivity contribution in [1.29, 1.82) is 0 Å². The number of carbonyl (C=O) groups excluding carboxylic acids is 1. The Balaban J connectivity index is 3.53. The SMILES string of the molecule is CC(=O)OCP(=O)(O)O. The summed E-state index contributed by atoms with van der Waals surface area (Å²) < 4.78 is 14.0. The minimum Gasteiger partial charge on any atom is -0.453 e. The molecule has 6 heteroatoms. The van der Waals surface area contributed by atoms with Gasteiger partial charge in [0.05, 0.1) is 0 Å². The molecule has 0 amide bonds. The van der Waals surface area contributed by atoms with Gasteiger partial charge in [0.1, 0.15) is 0 Å². The second-order valence-corrected chi connectivity index (χ2v) is 3.02. The Morgan fingerprint density at radius 2 is 2.11 bits per heavy atom. The van der Waals surface area contributed by atoms with Gasteiger partial charge in [-0.15, -0.1) is 0 Å². The fourth-order valence-corrected chi connectivity index (χ4v) is 0.525. The highest BCUT2D eigenvalue weighted by atomic mass is 31.2. The zero-order chi connectivity index (χ0) is 7.49. The van der Waals surface area contributed by atoms with Crippen LogP contribution in [0.4, 0.5) is 0 Å². The first kappa shape index (κ1) is 8.62. The molecule has 0 bridgehead atoms. The van der Waals surface area contributed by atoms with E-state index < -0.39 is 19.9 Å². The van der Waals surface area contributed by atoms with Crippen LogP contribution in [-0.2, 0) is 14.1 Å². The summed E-state index contributed by atoms with van der Waals surface area (Å²) in [7, 11) is -4.16. The Bertz CT molecular complexity index is 146. The third kappa shape index (κ3) is 7.62. The summed E-state index contributed by atoms with van der Waals surface area (Å²) in [4.78, 5) is 26.1. The van der Waals surface area contributed by atoms with E-state index in [1.54, 1.807) is 0 Å². The summed E-state index contributed by atoms with van der Waals surface area (Å²) in [5.74, 6) is -0.696. The van der Waals surface area contributed by atoms with E-state index in [1.807, 2.05) is 0 Å². The lowest BCUT2D eigenvalue weighted by Gasteiger charge is -2.01. The maximum atomic E-state index is 9.95. The lowest BCUT2D eigenvalue weighted by Crippen LogP contribution is -2.00. The lowest BCUT2D eigenvalue weighted by atomic mass is 10.8. The van der Waals surface area contributed by atoms with Crippen LogP contribution in [0.5, 0.6) is 0 Å². The smallest absolute Gasteiger partial charge is 0.362 e. The molecule has 0 saturated carbocycles. The highest BCUT2D eigenvalue weighted by Gasteiger charge is 2.13. The Hall–Kier alpha value is -0.380. The fourth-order valence-electron chi connectivity index (χ4n) is 0.175. The molecule has 0 aliphatic rings. The molecule has 0 saturated heterocycles. The molecule has 0 aromatic carbocycles. The molecular weight excluding hydrogens is 147 g/mol. The van der Waals surface area contributed by atoms with Crippen LogP contribution < -0.4 is 0 Å². The minimum atomic E-state index is -4.16. The van der Waals surface area contributed by atoms with E-state index in [1.165, 1.54) is 0 Å². The van der Waals surface area contributed by atoms with Gasteiger partial charge in [-0.3, -0.25) is 9.36 Å². The molecule has 5 nitrogen and oxygen atoms in total. The van der Waals surface area contributed by atoms with Crippen LogP contribution in [0.2, 0.25) is 0 Å². The van der Waals surface area contributed by atoms with Crippen molar-refractivity contribution in [3.05, 3.63) is 0 Å². The first-order valence-corrected chi connectivity index (χ1v) is 3.89. The summed E-state index contributed by atoms with van der Waals surface area (Å²) >= 11 is 0. The lowest BCUT2D eigenvalue weighted by molar-refractivity contribution is -0.139. The summed E-state index contributed by atoms with van der Waals surface area (Å²) in [6.45, 7) is 1.08. The van der Waals surface area contributed by atoms with Gasteiger partial charge in [-0.1, -0.05) is 0 Å². The minimum absolute atomic E-state index is 0.696. The normalized spacial score (nSPS) is 11.0. The van der Waals surface area contributed by atoms with Crippen molar-refractivity contribution < 1.29 is 23.9 Å². The predicted octanol–water partition coefficient (Wildman–Crippen LogP) is -0.315. The molecule has 0 aromatic heterocycles. The van der Waals surface area contributed by atoms with Crippen molar-refractivity contribution in [2.45, 2.75) is 6.92 Å². The quantitative estimate of drug-likeness (QED) is 0.420. The van der Waals surface area contributed by atoms with Crippen LogP contribution in [-0.4, -0.2) is 22.1 Å². The molecule has 0 radical (unpaired) electrons. The summed E-state index contributed by atoms with van der Waals surface area (Å²) in [6.07, 6.45) is -0.831. The van der Waals surface area contributed by atoms with Gasteiger partial charge >= 0.3 is 13.6 Å². The van der Waals surface area contributed by atoms with Crippen molar-refractivity contribution in [2.75, 3.05) is 6.35 Å². The van der Waals surface area contributed by atoms with Crippen LogP contribution in [0.25, 0.3) is 0 Å². The maximum absolute atomic E-state index is 9.95. The van der Waals surface area contributed by atoms with Gasteiger partial charge in [0, 0.05) is 6.92 Å². The molecule has 9 heavy (non-hydrogen) atoms. The number of hydrogen-bond acceptors (Lipinski definition) is 3. The number of esters is 1. The van der Waals surface area contributed by atoms with Gasteiger partial charge in [0.25, 0.3) is 0 Å². The average molecular weight is 154 g/mol. The van der Waals surface area contributed by atoms with Crippen LogP contribution in [0.3, 0.4) is 0 Å². The van der Waals surface area contributed by atoms with Crippen molar-refractivity contribution in [3.8, 4) is 0 Å². The maximum Gasteiger partial charge on any atom is 0.362 e. The van der Waals surface area contributed by atoms with Crippen molar-refractivity contribution in [2.24, 2.45) is 0 Å². The fraction of sp³-hybridized carbons (Fsp3) is 0.667. The average Bonchev–Trinajstić information content (AvgIpc) is 1.59. The van der Waals surface area contributed by atoms with Gasteiger partial charge in [0.2, 0.25) is 0 Å². The number of ether oxygens (including phenoxy) is 1. The zero-order valence-corrected chi connectivity index (χ0v) is 5.67. The molecule has 0 aliphatic carbocycles. The van der Waals surface area contributed by atoms with Crippen molar-refractivity contribution in [3.63, 3.8) is 0 Å². The molecule has 0 rings (SSSR count). The van der Waals surface area contributed by atoms with E-state index in [9.17, 15) is 9.36 Å². The van der Waals surface area contributed by atoms with Crippen LogP contribution in [0.15, 0.2) is 0 Å². The number of hydrogen-bond donors (Lipinski definition) is 2. The Kier molecular flexibility index (Phi) is 2.84. The second kappa shape index (κ2) is 2.96. The van der Waals surface area contributed by atoms with E-state index in [0.29, 0.717) is 0 Å². The molecule has 0 spiro atoms. The van der Waals surface area contributed by atoms with Gasteiger partial charge in [-0.2, -0.15) is 0 Å². The molecule has 54 valence electrons. The first-order chi connectivity index (χ1) is 3.92. The second-order valence-electron chi connectivity index (χ2n) is 1.43. The van der Waals surface area contributed by atoms with Crippen molar-refractivity contribution in [1.82, 2.24) is 0 Å². The Labute approximate surface area is 51.8 Å². The number of rotatable bonds is 2. The monoisotopic (exact) mass is 154 g/mol. The molecule has 0 atom stereocenters. The highest BCUT2D eigenvalue weighted by Crippen LogP contribution is 2.33. The number of carbonyl (C=O) groups is 1. The van der Waals surface area contributed by atoms with Gasteiger partial charge < -0.3 is 14.5 Å². The Morgan fingerprint density at radius 3 is 2.22 bits per heavy atom. The molecular formula is C3H7O5P. The molecule has 0 unspecified atom stereocenters. The van der Waals surface area contributed by atoms with Crippen LogP contribution >= 0.6 is 7.60 Å². The van der Waals surface area contributed by atoms with Crippen LogP contribution in [0, 0.1) is 0 Å². The van der Waals surface area contributed by atoms with Crippen molar-refractivity contribution >= 4 is 13.6 Å². The van der Waals surface area contributed by atoms with Gasteiger partial charge in [-0.25, -0.2) is 0 Å².